The molecule has 2 heterocycles. The van der Waals surface area contributed by atoms with Gasteiger partial charge in [-0.2, -0.15) is 0 Å². The lowest BCUT2D eigenvalue weighted by Crippen LogP contribution is -2.55. The van der Waals surface area contributed by atoms with Gasteiger partial charge in [0, 0.05) is 25.3 Å². The molecule has 0 unspecified atom stereocenters. The lowest BCUT2D eigenvalue weighted by molar-refractivity contribution is -0.138. The minimum Gasteiger partial charge on any atom is -0.480 e. The van der Waals surface area contributed by atoms with E-state index in [1.54, 1.807) is 17.9 Å². The highest BCUT2D eigenvalue weighted by molar-refractivity contribution is 6.29. The highest BCUT2D eigenvalue weighted by atomic mass is 35.5. The zero-order valence-corrected chi connectivity index (χ0v) is 10.1. The van der Waals surface area contributed by atoms with Crippen LogP contribution in [0.4, 0.5) is 5.95 Å². The smallest absolute Gasteiger partial charge is 0.327 e. The molecular weight excluding hydrogens is 244 g/mol. The molecule has 0 spiro atoms. The average Bonchev–Trinajstić information content (AvgIpc) is 2.27. The van der Waals surface area contributed by atoms with Gasteiger partial charge in [-0.15, -0.1) is 0 Å². The fourth-order valence-electron chi connectivity index (χ4n) is 1.81. The van der Waals surface area contributed by atoms with Crippen molar-refractivity contribution in [2.75, 3.05) is 24.5 Å². The molecule has 0 bridgehead atoms. The number of carboxylic acid groups (broad SMARTS) is 1. The van der Waals surface area contributed by atoms with E-state index >= 15 is 0 Å². The summed E-state index contributed by atoms with van der Waals surface area (Å²) in [4.78, 5) is 21.1. The number of halogens is 1. The number of nitrogens with zero attached hydrogens (tertiary/aromatic N) is 3. The third-order valence-electron chi connectivity index (χ3n) is 2.60. The van der Waals surface area contributed by atoms with E-state index in [-0.39, 0.29) is 0 Å². The minimum absolute atomic E-state index is 0.329. The number of anilines is 1. The molecule has 0 aromatic carbocycles. The maximum atomic E-state index is 11.1. The van der Waals surface area contributed by atoms with Crippen LogP contribution in [-0.4, -0.2) is 46.7 Å². The molecule has 1 saturated heterocycles. The fraction of sp³-hybridized carbons (Fsp3) is 0.500. The van der Waals surface area contributed by atoms with E-state index in [1.165, 1.54) is 0 Å². The molecule has 2 rings (SSSR count). The van der Waals surface area contributed by atoms with Gasteiger partial charge in [-0.05, 0) is 13.0 Å². The summed E-state index contributed by atoms with van der Waals surface area (Å²) in [7, 11) is 0. The average molecular weight is 257 g/mol. The largest absolute Gasteiger partial charge is 0.480 e. The second-order valence-electron chi connectivity index (χ2n) is 3.88. The van der Waals surface area contributed by atoms with E-state index in [0.29, 0.717) is 30.7 Å². The van der Waals surface area contributed by atoms with E-state index in [1.807, 2.05) is 0 Å². The Morgan fingerprint density at radius 2 is 2.41 bits per heavy atom. The first-order valence-electron chi connectivity index (χ1n) is 5.29. The monoisotopic (exact) mass is 256 g/mol. The standard InChI is InChI=1S/C10H13ClN4O2/c1-6-4-8(11)14-10(13-6)15-3-2-12-5-7(15)9(16)17/h4,7,12H,2-3,5H2,1H3,(H,16,17)/t7-/m0/s1. The van der Waals surface area contributed by atoms with Crippen molar-refractivity contribution in [2.45, 2.75) is 13.0 Å². The van der Waals surface area contributed by atoms with Crippen molar-refractivity contribution in [3.63, 3.8) is 0 Å². The van der Waals surface area contributed by atoms with Crippen molar-refractivity contribution in [3.8, 4) is 0 Å². The summed E-state index contributed by atoms with van der Waals surface area (Å²) in [6.07, 6.45) is 0. The lowest BCUT2D eigenvalue weighted by atomic mass is 10.2. The van der Waals surface area contributed by atoms with Crippen LogP contribution in [0.3, 0.4) is 0 Å². The van der Waals surface area contributed by atoms with Gasteiger partial charge in [-0.25, -0.2) is 14.8 Å². The topological polar surface area (TPSA) is 78.4 Å². The molecule has 1 aliphatic heterocycles. The first-order valence-corrected chi connectivity index (χ1v) is 5.67. The van der Waals surface area contributed by atoms with Gasteiger partial charge in [0.15, 0.2) is 0 Å². The van der Waals surface area contributed by atoms with Crippen molar-refractivity contribution >= 4 is 23.5 Å². The summed E-state index contributed by atoms with van der Waals surface area (Å²) in [5.74, 6) is -0.512. The molecule has 1 fully saturated rings. The number of hydrogen-bond donors (Lipinski definition) is 2. The molecule has 17 heavy (non-hydrogen) atoms. The Labute approximate surface area is 104 Å². The van der Waals surface area contributed by atoms with E-state index in [9.17, 15) is 4.79 Å². The number of aliphatic carboxylic acids is 1. The molecule has 1 aromatic rings. The minimum atomic E-state index is -0.890. The van der Waals surface area contributed by atoms with Gasteiger partial charge in [0.25, 0.3) is 0 Å². The quantitative estimate of drug-likeness (QED) is 0.741. The SMILES string of the molecule is Cc1cc(Cl)nc(N2CCNC[C@H]2C(=O)O)n1. The number of aromatic nitrogens is 2. The number of nitrogens with one attached hydrogen (secondary N) is 1. The van der Waals surface area contributed by atoms with E-state index in [0.717, 1.165) is 5.69 Å². The number of hydrogen-bond acceptors (Lipinski definition) is 5. The molecule has 0 aliphatic carbocycles. The van der Waals surface area contributed by atoms with Crippen LogP contribution in [0.5, 0.6) is 0 Å². The third-order valence-corrected chi connectivity index (χ3v) is 2.79. The van der Waals surface area contributed by atoms with Crippen molar-refractivity contribution in [2.24, 2.45) is 0 Å². The summed E-state index contributed by atoms with van der Waals surface area (Å²) >= 11 is 5.86. The Morgan fingerprint density at radius 1 is 1.65 bits per heavy atom. The van der Waals surface area contributed by atoms with Crippen LogP contribution in [0.25, 0.3) is 0 Å². The first kappa shape index (κ1) is 12.1. The van der Waals surface area contributed by atoms with Gasteiger partial charge < -0.3 is 15.3 Å². The van der Waals surface area contributed by atoms with Crippen molar-refractivity contribution < 1.29 is 9.90 Å². The zero-order chi connectivity index (χ0) is 12.4. The number of rotatable bonds is 2. The van der Waals surface area contributed by atoms with E-state index in [2.05, 4.69) is 15.3 Å². The molecule has 7 heteroatoms. The molecule has 92 valence electrons. The Balaban J connectivity index is 2.32. The molecule has 1 aromatic heterocycles. The molecular formula is C10H13ClN4O2. The molecule has 6 nitrogen and oxygen atoms in total. The third kappa shape index (κ3) is 2.65. The van der Waals surface area contributed by atoms with Crippen molar-refractivity contribution in [1.82, 2.24) is 15.3 Å². The normalized spacial score (nSPS) is 20.4. The van der Waals surface area contributed by atoms with Crippen LogP contribution in [0.1, 0.15) is 5.69 Å². The van der Waals surface area contributed by atoms with Crippen LogP contribution in [0.2, 0.25) is 5.15 Å². The molecule has 0 amide bonds. The second kappa shape index (κ2) is 4.85. The number of carbonyl (C=O) groups is 1. The van der Waals surface area contributed by atoms with Crippen molar-refractivity contribution in [1.29, 1.82) is 0 Å². The summed E-state index contributed by atoms with van der Waals surface area (Å²) in [5.41, 5.74) is 0.725. The van der Waals surface area contributed by atoms with E-state index in [4.69, 9.17) is 16.7 Å². The summed E-state index contributed by atoms with van der Waals surface area (Å²) < 4.78 is 0. The maximum Gasteiger partial charge on any atom is 0.327 e. The number of piperazine rings is 1. The summed E-state index contributed by atoms with van der Waals surface area (Å²) in [6, 6.07) is 0.991. The highest BCUT2D eigenvalue weighted by Gasteiger charge is 2.30. The predicted octanol–water partition coefficient (Wildman–Crippen LogP) is 0.301. The Hall–Kier alpha value is -1.40. The van der Waals surface area contributed by atoms with Gasteiger partial charge in [0.1, 0.15) is 11.2 Å². The molecule has 1 atom stereocenters. The fourth-order valence-corrected chi connectivity index (χ4v) is 2.04. The molecule has 1 aliphatic rings. The first-order chi connectivity index (χ1) is 8.08. The van der Waals surface area contributed by atoms with Crippen molar-refractivity contribution in [3.05, 3.63) is 16.9 Å². The maximum absolute atomic E-state index is 11.1. The Kier molecular flexibility index (Phi) is 3.44. The van der Waals surface area contributed by atoms with E-state index < -0.39 is 12.0 Å². The van der Waals surface area contributed by atoms with Crippen LogP contribution in [-0.2, 0) is 4.79 Å². The summed E-state index contributed by atoms with van der Waals surface area (Å²) in [5, 5.41) is 12.5. The Bertz CT molecular complexity index is 420. The van der Waals surface area contributed by atoms with Gasteiger partial charge >= 0.3 is 5.97 Å². The number of carboxylic acids is 1. The number of aryl methyl sites for hydroxylation is 1. The van der Waals surface area contributed by atoms with Gasteiger partial charge in [0.05, 0.1) is 0 Å². The van der Waals surface area contributed by atoms with Gasteiger partial charge in [-0.1, -0.05) is 11.6 Å². The lowest BCUT2D eigenvalue weighted by Gasteiger charge is -2.33. The van der Waals surface area contributed by atoms with Gasteiger partial charge in [0.2, 0.25) is 5.95 Å². The second-order valence-corrected chi connectivity index (χ2v) is 4.27. The summed E-state index contributed by atoms with van der Waals surface area (Å²) in [6.45, 7) is 3.44. The Morgan fingerprint density at radius 3 is 3.06 bits per heavy atom. The highest BCUT2D eigenvalue weighted by Crippen LogP contribution is 2.17. The van der Waals surface area contributed by atoms with Crippen LogP contribution in [0, 0.1) is 6.92 Å². The molecule has 0 saturated carbocycles. The predicted molar refractivity (Wildman–Crippen MR) is 63.4 cm³/mol. The zero-order valence-electron chi connectivity index (χ0n) is 9.35. The molecule has 2 N–H and O–H groups in total. The van der Waals surface area contributed by atoms with Gasteiger partial charge in [-0.3, -0.25) is 0 Å². The van der Waals surface area contributed by atoms with Crippen LogP contribution in [0.15, 0.2) is 6.07 Å². The van der Waals surface area contributed by atoms with Crippen LogP contribution >= 0.6 is 11.6 Å². The molecule has 0 radical (unpaired) electrons. The van der Waals surface area contributed by atoms with Crippen LogP contribution < -0.4 is 10.2 Å².